The molecule has 2 aromatic carbocycles. The van der Waals surface area contributed by atoms with Crippen molar-refractivity contribution in [3.63, 3.8) is 0 Å². The Morgan fingerprint density at radius 3 is 2.48 bits per heavy atom. The lowest BCUT2D eigenvalue weighted by molar-refractivity contribution is -0.153. The van der Waals surface area contributed by atoms with Gasteiger partial charge in [0.2, 0.25) is 0 Å². The number of carbonyl (C=O) groups excluding carboxylic acids is 2. The summed E-state index contributed by atoms with van der Waals surface area (Å²) in [5.41, 5.74) is 1.29. The van der Waals surface area contributed by atoms with Crippen LogP contribution in [-0.2, 0) is 20.7 Å². The molecule has 0 saturated heterocycles. The molecule has 144 valence electrons. The Hall–Kier alpha value is -2.73. The van der Waals surface area contributed by atoms with E-state index in [1.165, 1.54) is 6.92 Å². The predicted molar refractivity (Wildman–Crippen MR) is 104 cm³/mol. The van der Waals surface area contributed by atoms with Crippen LogP contribution in [0.1, 0.15) is 18.9 Å². The number of halogens is 1. The Kier molecular flexibility index (Phi) is 7.49. The first-order valence-electron chi connectivity index (χ1n) is 8.41. The summed E-state index contributed by atoms with van der Waals surface area (Å²) in [5.74, 6) is 0.241. The first-order chi connectivity index (χ1) is 13.0. The molecule has 2 aromatic rings. The number of amides is 1. The Labute approximate surface area is 163 Å². The van der Waals surface area contributed by atoms with E-state index < -0.39 is 18.0 Å². The SMILES string of the molecule is COc1cccc(CCC(=O)O[C@H](C)C(=O)Nc2ccccc2Cl)c1OC. The number of ether oxygens (including phenoxy) is 3. The van der Waals surface area contributed by atoms with Crippen molar-refractivity contribution in [3.05, 3.63) is 53.1 Å². The summed E-state index contributed by atoms with van der Waals surface area (Å²) in [6.45, 7) is 1.51. The molecule has 0 bridgehead atoms. The maximum atomic E-state index is 12.2. The molecule has 0 unspecified atom stereocenters. The van der Waals surface area contributed by atoms with Crippen molar-refractivity contribution in [2.45, 2.75) is 25.9 Å². The van der Waals surface area contributed by atoms with Gasteiger partial charge in [-0.25, -0.2) is 0 Å². The van der Waals surface area contributed by atoms with E-state index in [9.17, 15) is 9.59 Å². The van der Waals surface area contributed by atoms with Crippen LogP contribution in [0.3, 0.4) is 0 Å². The standard InChI is InChI=1S/C20H22ClNO5/c1-13(20(24)22-16-9-5-4-8-15(16)21)27-18(23)12-11-14-7-6-10-17(25-2)19(14)26-3/h4-10,13H,11-12H2,1-3H3,(H,22,24)/t13-/m1/s1. The normalized spacial score (nSPS) is 11.4. The van der Waals surface area contributed by atoms with Gasteiger partial charge in [0, 0.05) is 6.42 Å². The van der Waals surface area contributed by atoms with Gasteiger partial charge in [0.05, 0.1) is 24.9 Å². The van der Waals surface area contributed by atoms with Crippen molar-refractivity contribution in [2.24, 2.45) is 0 Å². The lowest BCUT2D eigenvalue weighted by Gasteiger charge is -2.15. The molecule has 0 saturated carbocycles. The van der Waals surface area contributed by atoms with E-state index in [0.717, 1.165) is 5.56 Å². The van der Waals surface area contributed by atoms with E-state index in [4.69, 9.17) is 25.8 Å². The van der Waals surface area contributed by atoms with Crippen LogP contribution < -0.4 is 14.8 Å². The summed E-state index contributed by atoms with van der Waals surface area (Å²) >= 11 is 6.00. The lowest BCUT2D eigenvalue weighted by atomic mass is 10.1. The molecule has 2 rings (SSSR count). The minimum absolute atomic E-state index is 0.104. The fraction of sp³-hybridized carbons (Fsp3) is 0.300. The van der Waals surface area contributed by atoms with Crippen LogP contribution in [0.2, 0.25) is 5.02 Å². The van der Waals surface area contributed by atoms with E-state index in [2.05, 4.69) is 5.32 Å². The second-order valence-electron chi connectivity index (χ2n) is 5.75. The number of anilines is 1. The third kappa shape index (κ3) is 5.62. The van der Waals surface area contributed by atoms with Gasteiger partial charge in [-0.2, -0.15) is 0 Å². The fourth-order valence-electron chi connectivity index (χ4n) is 2.49. The third-order valence-corrected chi connectivity index (χ3v) is 4.22. The smallest absolute Gasteiger partial charge is 0.306 e. The van der Waals surface area contributed by atoms with E-state index in [-0.39, 0.29) is 6.42 Å². The van der Waals surface area contributed by atoms with Gasteiger partial charge in [-0.3, -0.25) is 9.59 Å². The van der Waals surface area contributed by atoms with Crippen LogP contribution in [0.4, 0.5) is 5.69 Å². The van der Waals surface area contributed by atoms with Gasteiger partial charge in [-0.1, -0.05) is 35.9 Å². The van der Waals surface area contributed by atoms with Crippen LogP contribution in [0.25, 0.3) is 0 Å². The first kappa shape index (κ1) is 20.6. The zero-order valence-electron chi connectivity index (χ0n) is 15.5. The van der Waals surface area contributed by atoms with Gasteiger partial charge in [0.1, 0.15) is 0 Å². The van der Waals surface area contributed by atoms with Crippen LogP contribution in [0.15, 0.2) is 42.5 Å². The van der Waals surface area contributed by atoms with Crippen LogP contribution in [0.5, 0.6) is 11.5 Å². The molecule has 0 aliphatic rings. The Morgan fingerprint density at radius 1 is 1.07 bits per heavy atom. The maximum absolute atomic E-state index is 12.2. The van der Waals surface area contributed by atoms with Crippen molar-refractivity contribution < 1.29 is 23.8 Å². The molecule has 0 spiro atoms. The second-order valence-corrected chi connectivity index (χ2v) is 6.16. The number of esters is 1. The maximum Gasteiger partial charge on any atom is 0.306 e. The molecule has 1 atom stereocenters. The average molecular weight is 392 g/mol. The van der Waals surface area contributed by atoms with Crippen LogP contribution in [0, 0.1) is 0 Å². The Morgan fingerprint density at radius 2 is 1.81 bits per heavy atom. The number of nitrogens with one attached hydrogen (secondary N) is 1. The molecular weight excluding hydrogens is 370 g/mol. The lowest BCUT2D eigenvalue weighted by Crippen LogP contribution is -2.30. The number of hydrogen-bond donors (Lipinski definition) is 1. The van der Waals surface area contributed by atoms with Gasteiger partial charge in [0.15, 0.2) is 17.6 Å². The van der Waals surface area contributed by atoms with Gasteiger partial charge in [0.25, 0.3) is 5.91 Å². The monoisotopic (exact) mass is 391 g/mol. The van der Waals surface area contributed by atoms with Crippen molar-refractivity contribution in [1.82, 2.24) is 0 Å². The summed E-state index contributed by atoms with van der Waals surface area (Å²) in [5, 5.41) is 3.05. The fourth-order valence-corrected chi connectivity index (χ4v) is 2.68. The quantitative estimate of drug-likeness (QED) is 0.691. The number of carbonyl (C=O) groups is 2. The Balaban J connectivity index is 1.90. The molecule has 1 amide bonds. The molecule has 7 heteroatoms. The van der Waals surface area contributed by atoms with E-state index in [1.807, 2.05) is 12.1 Å². The van der Waals surface area contributed by atoms with Gasteiger partial charge in [-0.15, -0.1) is 0 Å². The van der Waals surface area contributed by atoms with Gasteiger partial charge in [-0.05, 0) is 37.1 Å². The highest BCUT2D eigenvalue weighted by Gasteiger charge is 2.19. The van der Waals surface area contributed by atoms with Gasteiger partial charge >= 0.3 is 5.97 Å². The highest BCUT2D eigenvalue weighted by molar-refractivity contribution is 6.33. The predicted octanol–water partition coefficient (Wildman–Crippen LogP) is 3.86. The summed E-state index contributed by atoms with van der Waals surface area (Å²) in [4.78, 5) is 24.3. The molecule has 0 aromatic heterocycles. The number of aryl methyl sites for hydroxylation is 1. The summed E-state index contributed by atoms with van der Waals surface area (Å²) in [7, 11) is 3.09. The second kappa shape index (κ2) is 9.83. The molecule has 0 radical (unpaired) electrons. The van der Waals surface area contributed by atoms with Crippen LogP contribution >= 0.6 is 11.6 Å². The van der Waals surface area contributed by atoms with Crippen molar-refractivity contribution in [3.8, 4) is 11.5 Å². The van der Waals surface area contributed by atoms with E-state index in [1.54, 1.807) is 44.6 Å². The van der Waals surface area contributed by atoms with Crippen molar-refractivity contribution >= 4 is 29.2 Å². The molecule has 0 aliphatic carbocycles. The van der Waals surface area contributed by atoms with Gasteiger partial charge < -0.3 is 19.5 Å². The van der Waals surface area contributed by atoms with E-state index >= 15 is 0 Å². The highest BCUT2D eigenvalue weighted by Crippen LogP contribution is 2.31. The topological polar surface area (TPSA) is 73.9 Å². The Bertz CT molecular complexity index is 809. The van der Waals surface area contributed by atoms with Crippen molar-refractivity contribution in [1.29, 1.82) is 0 Å². The molecule has 0 fully saturated rings. The van der Waals surface area contributed by atoms with Crippen LogP contribution in [-0.4, -0.2) is 32.2 Å². The number of rotatable bonds is 8. The summed E-state index contributed by atoms with van der Waals surface area (Å²) in [6, 6.07) is 12.3. The molecular formula is C20H22ClNO5. The first-order valence-corrected chi connectivity index (χ1v) is 8.78. The number of para-hydroxylation sites is 2. The number of methoxy groups -OCH3 is 2. The summed E-state index contributed by atoms with van der Waals surface area (Å²) < 4.78 is 15.8. The molecule has 27 heavy (non-hydrogen) atoms. The third-order valence-electron chi connectivity index (χ3n) is 3.89. The largest absolute Gasteiger partial charge is 0.493 e. The highest BCUT2D eigenvalue weighted by atomic mass is 35.5. The van der Waals surface area contributed by atoms with E-state index in [0.29, 0.717) is 28.6 Å². The molecule has 0 aliphatic heterocycles. The molecule has 6 nitrogen and oxygen atoms in total. The average Bonchev–Trinajstić information content (AvgIpc) is 2.67. The number of benzene rings is 2. The molecule has 1 N–H and O–H groups in total. The van der Waals surface area contributed by atoms with Crippen molar-refractivity contribution in [2.75, 3.05) is 19.5 Å². The zero-order valence-corrected chi connectivity index (χ0v) is 16.2. The minimum Gasteiger partial charge on any atom is -0.493 e. The zero-order chi connectivity index (χ0) is 19.8. The minimum atomic E-state index is -0.944. The number of hydrogen-bond acceptors (Lipinski definition) is 5. The molecule has 0 heterocycles. The summed E-state index contributed by atoms with van der Waals surface area (Å²) in [6.07, 6.45) is -0.438.